The molecule has 0 fully saturated rings. The van der Waals surface area contributed by atoms with Crippen LogP contribution in [0.2, 0.25) is 0 Å². The predicted molar refractivity (Wildman–Crippen MR) is 76.1 cm³/mol. The van der Waals surface area contributed by atoms with Gasteiger partial charge in [0.1, 0.15) is 10.7 Å². The van der Waals surface area contributed by atoms with Crippen LogP contribution in [0.25, 0.3) is 0 Å². The van der Waals surface area contributed by atoms with Gasteiger partial charge in [-0.3, -0.25) is 0 Å². The molecular formula is C12H17N5O3S. The van der Waals surface area contributed by atoms with E-state index in [1.807, 2.05) is 6.92 Å². The summed E-state index contributed by atoms with van der Waals surface area (Å²) >= 11 is 0. The number of hydrogen-bond acceptors (Lipinski definition) is 7. The molecule has 21 heavy (non-hydrogen) atoms. The second-order valence-electron chi connectivity index (χ2n) is 4.37. The van der Waals surface area contributed by atoms with Crippen LogP contribution in [0.4, 0.5) is 5.82 Å². The average Bonchev–Trinajstić information content (AvgIpc) is 2.89. The molecule has 0 saturated carbocycles. The number of aromatic nitrogens is 3. The van der Waals surface area contributed by atoms with Crippen LogP contribution in [0.15, 0.2) is 27.7 Å². The van der Waals surface area contributed by atoms with Gasteiger partial charge in [-0.2, -0.15) is 4.98 Å². The van der Waals surface area contributed by atoms with Crippen LogP contribution in [0.5, 0.6) is 0 Å². The molecule has 0 bridgehead atoms. The first-order valence-corrected chi connectivity index (χ1v) is 7.98. The first kappa shape index (κ1) is 15.4. The van der Waals surface area contributed by atoms with Gasteiger partial charge in [-0.05, 0) is 25.5 Å². The van der Waals surface area contributed by atoms with E-state index in [9.17, 15) is 8.42 Å². The van der Waals surface area contributed by atoms with Gasteiger partial charge >= 0.3 is 0 Å². The van der Waals surface area contributed by atoms with Gasteiger partial charge in [-0.25, -0.2) is 18.1 Å². The number of nitrogens with zero attached hydrogens (tertiary/aromatic N) is 3. The van der Waals surface area contributed by atoms with E-state index in [0.29, 0.717) is 11.6 Å². The summed E-state index contributed by atoms with van der Waals surface area (Å²) in [5, 5.41) is 6.66. The number of pyridine rings is 1. The van der Waals surface area contributed by atoms with Crippen molar-refractivity contribution in [1.82, 2.24) is 19.8 Å². The van der Waals surface area contributed by atoms with E-state index in [1.54, 1.807) is 13.0 Å². The Bertz CT molecular complexity index is 681. The van der Waals surface area contributed by atoms with Crippen molar-refractivity contribution in [3.63, 3.8) is 0 Å². The summed E-state index contributed by atoms with van der Waals surface area (Å²) in [6, 6.07) is 3.12. The van der Waals surface area contributed by atoms with Crippen molar-refractivity contribution < 1.29 is 12.9 Å². The fourth-order valence-electron chi connectivity index (χ4n) is 1.55. The van der Waals surface area contributed by atoms with E-state index < -0.39 is 10.0 Å². The average molecular weight is 311 g/mol. The van der Waals surface area contributed by atoms with Crippen LogP contribution in [0, 0.1) is 6.92 Å². The molecule has 2 rings (SSSR count). The lowest BCUT2D eigenvalue weighted by Gasteiger charge is -2.06. The zero-order chi connectivity index (χ0) is 15.3. The van der Waals surface area contributed by atoms with Crippen LogP contribution in [0.1, 0.15) is 25.1 Å². The van der Waals surface area contributed by atoms with Gasteiger partial charge in [-0.1, -0.05) is 12.1 Å². The molecule has 2 aromatic rings. The van der Waals surface area contributed by atoms with Gasteiger partial charge in [-0.15, -0.1) is 0 Å². The van der Waals surface area contributed by atoms with Crippen LogP contribution in [0.3, 0.4) is 0 Å². The monoisotopic (exact) mass is 311 g/mol. The topological polar surface area (TPSA) is 110 Å². The van der Waals surface area contributed by atoms with E-state index >= 15 is 0 Å². The molecule has 9 heteroatoms. The van der Waals surface area contributed by atoms with E-state index in [4.69, 9.17) is 4.52 Å². The second kappa shape index (κ2) is 6.64. The Labute approximate surface area is 123 Å². The normalized spacial score (nSPS) is 11.5. The highest BCUT2D eigenvalue weighted by molar-refractivity contribution is 7.89. The van der Waals surface area contributed by atoms with Gasteiger partial charge in [0.2, 0.25) is 15.9 Å². The Hall–Kier alpha value is -2.00. The molecule has 0 spiro atoms. The van der Waals surface area contributed by atoms with Crippen molar-refractivity contribution in [2.24, 2.45) is 0 Å². The maximum absolute atomic E-state index is 12.1. The summed E-state index contributed by atoms with van der Waals surface area (Å²) < 4.78 is 31.4. The third-order valence-corrected chi connectivity index (χ3v) is 3.97. The van der Waals surface area contributed by atoms with E-state index in [0.717, 1.165) is 13.0 Å². The van der Waals surface area contributed by atoms with Crippen molar-refractivity contribution in [3.05, 3.63) is 30.0 Å². The maximum Gasteiger partial charge on any atom is 0.242 e. The molecule has 0 radical (unpaired) electrons. The number of rotatable bonds is 7. The summed E-state index contributed by atoms with van der Waals surface area (Å²) in [7, 11) is -3.65. The number of anilines is 1. The zero-order valence-corrected chi connectivity index (χ0v) is 12.6. The highest BCUT2D eigenvalue weighted by Gasteiger charge is 2.16. The molecule has 0 atom stereocenters. The highest BCUT2D eigenvalue weighted by atomic mass is 32.2. The minimum absolute atomic E-state index is 0.0565. The lowest BCUT2D eigenvalue weighted by atomic mass is 10.4. The van der Waals surface area contributed by atoms with Crippen molar-refractivity contribution in [1.29, 1.82) is 0 Å². The SMILES string of the molecule is CCCNc1ccc(S(=O)(=O)NCc2nc(C)no2)cn1. The van der Waals surface area contributed by atoms with Gasteiger partial charge in [0.05, 0.1) is 6.54 Å². The van der Waals surface area contributed by atoms with Crippen molar-refractivity contribution >= 4 is 15.8 Å². The molecule has 8 nitrogen and oxygen atoms in total. The maximum atomic E-state index is 12.1. The predicted octanol–water partition coefficient (Wildman–Crippen LogP) is 1.07. The quantitative estimate of drug-likeness (QED) is 0.787. The zero-order valence-electron chi connectivity index (χ0n) is 11.8. The smallest absolute Gasteiger partial charge is 0.242 e. The summed E-state index contributed by atoms with van der Waals surface area (Å²) in [5.41, 5.74) is 0. The standard InChI is InChI=1S/C12H17N5O3S/c1-3-6-13-11-5-4-10(7-14-11)21(18,19)15-8-12-16-9(2)17-20-12/h4-5,7,15H,3,6,8H2,1-2H3,(H,13,14). The van der Waals surface area contributed by atoms with E-state index in [-0.39, 0.29) is 17.3 Å². The lowest BCUT2D eigenvalue weighted by Crippen LogP contribution is -2.23. The molecule has 2 N–H and O–H groups in total. The van der Waals surface area contributed by atoms with Crippen LogP contribution < -0.4 is 10.0 Å². The lowest BCUT2D eigenvalue weighted by molar-refractivity contribution is 0.372. The molecule has 0 aliphatic rings. The molecule has 2 aromatic heterocycles. The fourth-order valence-corrected chi connectivity index (χ4v) is 2.47. The molecule has 0 aliphatic carbocycles. The van der Waals surface area contributed by atoms with Crippen LogP contribution in [-0.2, 0) is 16.6 Å². The van der Waals surface area contributed by atoms with Gasteiger partial charge in [0.15, 0.2) is 5.82 Å². The summed E-state index contributed by atoms with van der Waals surface area (Å²) in [6.45, 7) is 4.43. The van der Waals surface area contributed by atoms with E-state index in [2.05, 4.69) is 25.2 Å². The molecular weight excluding hydrogens is 294 g/mol. The van der Waals surface area contributed by atoms with Gasteiger partial charge in [0, 0.05) is 12.7 Å². The number of hydrogen-bond donors (Lipinski definition) is 2. The highest BCUT2D eigenvalue weighted by Crippen LogP contribution is 2.11. The molecule has 0 aliphatic heterocycles. The summed E-state index contributed by atoms with van der Waals surface area (Å²) in [4.78, 5) is 8.07. The Morgan fingerprint density at radius 3 is 2.71 bits per heavy atom. The third kappa shape index (κ3) is 4.23. The molecule has 0 unspecified atom stereocenters. The molecule has 2 heterocycles. The Balaban J connectivity index is 2.01. The first-order chi connectivity index (χ1) is 10.0. The Morgan fingerprint density at radius 1 is 1.33 bits per heavy atom. The largest absolute Gasteiger partial charge is 0.370 e. The van der Waals surface area contributed by atoms with Crippen molar-refractivity contribution in [2.45, 2.75) is 31.7 Å². The molecule has 114 valence electrons. The van der Waals surface area contributed by atoms with Gasteiger partial charge < -0.3 is 9.84 Å². The van der Waals surface area contributed by atoms with E-state index in [1.165, 1.54) is 12.3 Å². The summed E-state index contributed by atoms with van der Waals surface area (Å²) in [6.07, 6.45) is 2.27. The molecule has 0 amide bonds. The first-order valence-electron chi connectivity index (χ1n) is 6.50. The van der Waals surface area contributed by atoms with Gasteiger partial charge in [0.25, 0.3) is 0 Å². The van der Waals surface area contributed by atoms with Crippen molar-refractivity contribution in [3.8, 4) is 0 Å². The van der Waals surface area contributed by atoms with Crippen molar-refractivity contribution in [2.75, 3.05) is 11.9 Å². The van der Waals surface area contributed by atoms with Crippen LogP contribution in [-0.4, -0.2) is 30.1 Å². The number of aryl methyl sites for hydroxylation is 1. The fraction of sp³-hybridized carbons (Fsp3) is 0.417. The minimum Gasteiger partial charge on any atom is -0.370 e. The minimum atomic E-state index is -3.65. The Kier molecular flexibility index (Phi) is 4.86. The molecule has 0 saturated heterocycles. The number of sulfonamides is 1. The third-order valence-electron chi connectivity index (χ3n) is 2.59. The Morgan fingerprint density at radius 2 is 2.14 bits per heavy atom. The van der Waals surface area contributed by atoms with Crippen LogP contribution >= 0.6 is 0 Å². The summed E-state index contributed by atoms with van der Waals surface area (Å²) in [5.74, 6) is 1.31. The molecule has 0 aromatic carbocycles. The number of nitrogens with one attached hydrogen (secondary N) is 2. The second-order valence-corrected chi connectivity index (χ2v) is 6.13.